The maximum atomic E-state index is 11.9. The van der Waals surface area contributed by atoms with Gasteiger partial charge in [0.2, 0.25) is 0 Å². The zero-order valence-electron chi connectivity index (χ0n) is 11.4. The first-order valence-electron chi connectivity index (χ1n) is 5.72. The Hall–Kier alpha value is -0.920. The number of hydrogen-bond acceptors (Lipinski definition) is 4. The first kappa shape index (κ1) is 15.1. The van der Waals surface area contributed by atoms with E-state index in [9.17, 15) is 13.5 Å². The molecule has 0 fully saturated rings. The molecular weight excluding hydrogens is 254 g/mol. The second-order valence-corrected chi connectivity index (χ2v) is 7.18. The average Bonchev–Trinajstić information content (AvgIpc) is 2.55. The molecule has 1 heterocycles. The van der Waals surface area contributed by atoms with Crippen LogP contribution in [0.25, 0.3) is 0 Å². The molecule has 0 bridgehead atoms. The monoisotopic (exact) mass is 275 g/mol. The molecule has 6 nitrogen and oxygen atoms in total. The Bertz CT molecular complexity index is 495. The van der Waals surface area contributed by atoms with E-state index in [4.69, 9.17) is 0 Å². The number of sulfonamides is 1. The highest BCUT2D eigenvalue weighted by atomic mass is 32.2. The van der Waals surface area contributed by atoms with Crippen LogP contribution in [-0.2, 0) is 17.1 Å². The largest absolute Gasteiger partial charge is 0.391 e. The Labute approximate surface area is 108 Å². The van der Waals surface area contributed by atoms with Crippen LogP contribution in [0.3, 0.4) is 0 Å². The molecule has 0 aliphatic carbocycles. The summed E-state index contributed by atoms with van der Waals surface area (Å²) in [7, 11) is -1.93. The van der Waals surface area contributed by atoms with Crippen LogP contribution in [-0.4, -0.2) is 35.7 Å². The van der Waals surface area contributed by atoms with Gasteiger partial charge in [0, 0.05) is 19.8 Å². The van der Waals surface area contributed by atoms with Crippen LogP contribution in [0.5, 0.6) is 0 Å². The first-order valence-corrected chi connectivity index (χ1v) is 7.20. The van der Waals surface area contributed by atoms with E-state index in [2.05, 4.69) is 9.71 Å². The van der Waals surface area contributed by atoms with Gasteiger partial charge in [-0.3, -0.25) is 0 Å². The minimum Gasteiger partial charge on any atom is -0.391 e. The lowest BCUT2D eigenvalue weighted by molar-refractivity contribution is 0.0677. The number of imidazole rings is 1. The van der Waals surface area contributed by atoms with Crippen molar-refractivity contribution in [3.8, 4) is 0 Å². The summed E-state index contributed by atoms with van der Waals surface area (Å²) in [6.45, 7) is 7.23. The predicted octanol–water partition coefficient (Wildman–Crippen LogP) is 0.414. The summed E-state index contributed by atoms with van der Waals surface area (Å²) in [5.41, 5.74) is -0.372. The number of hydrogen-bond donors (Lipinski definition) is 2. The Morgan fingerprint density at radius 3 is 2.44 bits per heavy atom. The predicted molar refractivity (Wildman–Crippen MR) is 68.6 cm³/mol. The van der Waals surface area contributed by atoms with Crippen molar-refractivity contribution in [1.82, 2.24) is 14.3 Å². The third-order valence-corrected chi connectivity index (χ3v) is 4.12. The number of aromatic nitrogens is 2. The quantitative estimate of drug-likeness (QED) is 0.834. The summed E-state index contributed by atoms with van der Waals surface area (Å²) in [4.78, 5) is 3.95. The van der Waals surface area contributed by atoms with Crippen molar-refractivity contribution in [3.05, 3.63) is 12.0 Å². The van der Waals surface area contributed by atoms with Gasteiger partial charge in [-0.15, -0.1) is 0 Å². The van der Waals surface area contributed by atoms with Crippen molar-refractivity contribution in [2.45, 2.75) is 38.8 Å². The fourth-order valence-electron chi connectivity index (χ4n) is 1.22. The van der Waals surface area contributed by atoms with E-state index >= 15 is 0 Å². The Balaban J connectivity index is 2.78. The second kappa shape index (κ2) is 4.99. The summed E-state index contributed by atoms with van der Waals surface area (Å²) < 4.78 is 27.9. The average molecular weight is 275 g/mol. The lowest BCUT2D eigenvalue weighted by atomic mass is 9.89. The van der Waals surface area contributed by atoms with Gasteiger partial charge in [-0.1, -0.05) is 20.8 Å². The highest BCUT2D eigenvalue weighted by Gasteiger charge is 2.25. The summed E-state index contributed by atoms with van der Waals surface area (Å²) in [6.07, 6.45) is 0.693. The van der Waals surface area contributed by atoms with Crippen molar-refractivity contribution >= 4 is 10.0 Å². The highest BCUT2D eigenvalue weighted by molar-refractivity contribution is 7.89. The SMILES string of the molecule is Cc1nc(S(=O)(=O)NCC(O)C(C)(C)C)cn1C. The van der Waals surface area contributed by atoms with Crippen molar-refractivity contribution in [2.24, 2.45) is 12.5 Å². The van der Waals surface area contributed by atoms with Crippen LogP contribution < -0.4 is 4.72 Å². The molecule has 1 atom stereocenters. The second-order valence-electron chi connectivity index (χ2n) is 5.47. The molecular formula is C11H21N3O3S. The third kappa shape index (κ3) is 3.54. The van der Waals surface area contributed by atoms with E-state index in [0.717, 1.165) is 0 Å². The maximum absolute atomic E-state index is 11.9. The Morgan fingerprint density at radius 2 is 2.06 bits per heavy atom. The molecule has 0 saturated carbocycles. The molecule has 0 radical (unpaired) electrons. The van der Waals surface area contributed by atoms with Gasteiger partial charge in [0.15, 0.2) is 5.03 Å². The molecule has 1 aromatic heterocycles. The topological polar surface area (TPSA) is 84.2 Å². The van der Waals surface area contributed by atoms with Gasteiger partial charge in [-0.2, -0.15) is 0 Å². The lowest BCUT2D eigenvalue weighted by Gasteiger charge is -2.25. The number of rotatable bonds is 4. The number of aliphatic hydroxyl groups is 1. The van der Waals surface area contributed by atoms with E-state index in [0.29, 0.717) is 5.82 Å². The zero-order chi connectivity index (χ0) is 14.1. The van der Waals surface area contributed by atoms with E-state index in [1.165, 1.54) is 6.20 Å². The van der Waals surface area contributed by atoms with E-state index in [-0.39, 0.29) is 17.0 Å². The summed E-state index contributed by atoms with van der Waals surface area (Å²) >= 11 is 0. The zero-order valence-corrected chi connectivity index (χ0v) is 12.2. The molecule has 0 amide bonds. The van der Waals surface area contributed by atoms with Gasteiger partial charge in [0.1, 0.15) is 5.82 Å². The minimum atomic E-state index is -3.66. The molecule has 1 unspecified atom stereocenters. The Morgan fingerprint density at radius 1 is 1.50 bits per heavy atom. The van der Waals surface area contributed by atoms with Crippen molar-refractivity contribution in [3.63, 3.8) is 0 Å². The number of nitrogens with one attached hydrogen (secondary N) is 1. The fourth-order valence-corrected chi connectivity index (χ4v) is 2.30. The van der Waals surface area contributed by atoms with Gasteiger partial charge in [-0.25, -0.2) is 18.1 Å². The van der Waals surface area contributed by atoms with Crippen molar-refractivity contribution < 1.29 is 13.5 Å². The van der Waals surface area contributed by atoms with Crippen LogP contribution in [0.2, 0.25) is 0 Å². The third-order valence-electron chi connectivity index (χ3n) is 2.83. The molecule has 1 aromatic rings. The molecule has 0 aromatic carbocycles. The van der Waals surface area contributed by atoms with Crippen molar-refractivity contribution in [1.29, 1.82) is 0 Å². The fraction of sp³-hybridized carbons (Fsp3) is 0.727. The summed E-state index contributed by atoms with van der Waals surface area (Å²) in [5.74, 6) is 0.617. The molecule has 7 heteroatoms. The number of aliphatic hydroxyl groups excluding tert-OH is 1. The summed E-state index contributed by atoms with van der Waals surface area (Å²) in [6, 6.07) is 0. The Kier molecular flexibility index (Phi) is 4.19. The summed E-state index contributed by atoms with van der Waals surface area (Å²) in [5, 5.41) is 9.78. The standard InChI is InChI=1S/C11H21N3O3S/c1-8-13-10(7-14(8)5)18(16,17)12-6-9(15)11(2,3)4/h7,9,12,15H,6H2,1-5H3. The van der Waals surface area contributed by atoms with E-state index in [1.54, 1.807) is 18.5 Å². The maximum Gasteiger partial charge on any atom is 0.259 e. The normalized spacial score (nSPS) is 14.8. The molecule has 1 rings (SSSR count). The molecule has 2 N–H and O–H groups in total. The van der Waals surface area contributed by atoms with E-state index < -0.39 is 16.1 Å². The van der Waals surface area contributed by atoms with Crippen molar-refractivity contribution in [2.75, 3.05) is 6.54 Å². The lowest BCUT2D eigenvalue weighted by Crippen LogP contribution is -2.39. The van der Waals surface area contributed by atoms with Gasteiger partial charge >= 0.3 is 0 Å². The molecule has 18 heavy (non-hydrogen) atoms. The number of aryl methyl sites for hydroxylation is 2. The van der Waals surface area contributed by atoms with Crippen LogP contribution in [0.4, 0.5) is 0 Å². The van der Waals surface area contributed by atoms with E-state index in [1.807, 2.05) is 20.8 Å². The highest BCUT2D eigenvalue weighted by Crippen LogP contribution is 2.18. The van der Waals surface area contributed by atoms with Gasteiger partial charge in [-0.05, 0) is 12.3 Å². The first-order chi connectivity index (χ1) is 8.04. The van der Waals surface area contributed by atoms with Crippen LogP contribution in [0.15, 0.2) is 11.2 Å². The molecule has 0 spiro atoms. The minimum absolute atomic E-state index is 0.0244. The molecule has 104 valence electrons. The van der Waals surface area contributed by atoms with Gasteiger partial charge < -0.3 is 9.67 Å². The molecule has 0 aliphatic rings. The van der Waals surface area contributed by atoms with Crippen LogP contribution >= 0.6 is 0 Å². The molecule has 0 saturated heterocycles. The smallest absolute Gasteiger partial charge is 0.259 e. The van der Waals surface area contributed by atoms with Gasteiger partial charge in [0.25, 0.3) is 10.0 Å². The number of nitrogens with zero attached hydrogens (tertiary/aromatic N) is 2. The van der Waals surface area contributed by atoms with Crippen LogP contribution in [0, 0.1) is 12.3 Å². The van der Waals surface area contributed by atoms with Gasteiger partial charge in [0.05, 0.1) is 6.10 Å². The van der Waals surface area contributed by atoms with Crippen LogP contribution in [0.1, 0.15) is 26.6 Å². The molecule has 0 aliphatic heterocycles.